The zero-order chi connectivity index (χ0) is 22.9. The van der Waals surface area contributed by atoms with Crippen molar-refractivity contribution in [3.8, 4) is 23.0 Å². The lowest BCUT2D eigenvalue weighted by molar-refractivity contribution is -0.121. The van der Waals surface area contributed by atoms with Crippen LogP contribution in [0.3, 0.4) is 0 Å². The summed E-state index contributed by atoms with van der Waals surface area (Å²) >= 11 is 6.56. The summed E-state index contributed by atoms with van der Waals surface area (Å²) in [4.78, 5) is 14.6. The monoisotopic (exact) mass is 471 g/mol. The molecule has 0 spiro atoms. The Kier molecular flexibility index (Phi) is 8.58. The molecule has 1 aliphatic heterocycles. The highest BCUT2D eigenvalue weighted by Gasteiger charge is 2.30. The molecule has 0 atom stereocenters. The molecule has 8 heteroatoms. The zero-order valence-electron chi connectivity index (χ0n) is 18.0. The summed E-state index contributed by atoms with van der Waals surface area (Å²) in [6, 6.07) is 13.0. The van der Waals surface area contributed by atoms with Gasteiger partial charge in [0.2, 0.25) is 0 Å². The van der Waals surface area contributed by atoms with E-state index >= 15 is 0 Å². The first-order valence-corrected chi connectivity index (χ1v) is 11.2. The summed E-state index contributed by atoms with van der Waals surface area (Å²) in [7, 11) is 3.22. The van der Waals surface area contributed by atoms with Crippen molar-refractivity contribution in [3.63, 3.8) is 0 Å². The van der Waals surface area contributed by atoms with Crippen LogP contribution in [0.5, 0.6) is 23.0 Å². The van der Waals surface area contributed by atoms with Gasteiger partial charge in [0.25, 0.3) is 5.91 Å². The van der Waals surface area contributed by atoms with E-state index in [9.17, 15) is 4.79 Å². The van der Waals surface area contributed by atoms with E-state index in [0.29, 0.717) is 46.9 Å². The van der Waals surface area contributed by atoms with E-state index in [1.165, 1.54) is 16.7 Å². The number of benzene rings is 2. The van der Waals surface area contributed by atoms with Gasteiger partial charge in [-0.3, -0.25) is 9.69 Å². The third-order valence-electron chi connectivity index (χ3n) is 4.55. The van der Waals surface area contributed by atoms with Gasteiger partial charge >= 0.3 is 0 Å². The van der Waals surface area contributed by atoms with Gasteiger partial charge < -0.3 is 18.9 Å². The minimum atomic E-state index is -0.115. The minimum Gasteiger partial charge on any atom is -0.497 e. The Labute approximate surface area is 197 Å². The lowest BCUT2D eigenvalue weighted by Gasteiger charge is -2.12. The second kappa shape index (κ2) is 11.6. The maximum Gasteiger partial charge on any atom is 0.266 e. The predicted octanol–water partition coefficient (Wildman–Crippen LogP) is 4.94. The van der Waals surface area contributed by atoms with Crippen molar-refractivity contribution < 1.29 is 23.7 Å². The molecule has 6 nitrogen and oxygen atoms in total. The number of carbonyl (C=O) groups excluding carboxylic acids is 1. The lowest BCUT2D eigenvalue weighted by Crippen LogP contribution is -2.27. The molecule has 0 aromatic heterocycles. The molecule has 32 heavy (non-hydrogen) atoms. The van der Waals surface area contributed by atoms with Gasteiger partial charge in [0.1, 0.15) is 15.8 Å². The van der Waals surface area contributed by atoms with Crippen molar-refractivity contribution >= 4 is 40.3 Å². The lowest BCUT2D eigenvalue weighted by atomic mass is 10.2. The molecule has 0 unspecified atom stereocenters. The van der Waals surface area contributed by atoms with Crippen molar-refractivity contribution in [1.29, 1.82) is 0 Å². The Bertz CT molecular complexity index is 1000. The second-order valence-corrected chi connectivity index (χ2v) is 8.39. The normalized spacial score (nSPS) is 14.6. The summed E-state index contributed by atoms with van der Waals surface area (Å²) in [5.74, 6) is 2.69. The average Bonchev–Trinajstić information content (AvgIpc) is 3.07. The van der Waals surface area contributed by atoms with Gasteiger partial charge in [-0.2, -0.15) is 0 Å². The maximum absolute atomic E-state index is 12.5. The molecule has 1 heterocycles. The Morgan fingerprint density at radius 3 is 2.41 bits per heavy atom. The van der Waals surface area contributed by atoms with E-state index in [-0.39, 0.29) is 5.91 Å². The van der Waals surface area contributed by atoms with Crippen LogP contribution in [0.4, 0.5) is 0 Å². The Morgan fingerprint density at radius 1 is 1.00 bits per heavy atom. The van der Waals surface area contributed by atoms with Crippen LogP contribution in [0, 0.1) is 0 Å². The number of rotatable bonds is 11. The summed E-state index contributed by atoms with van der Waals surface area (Å²) in [6.45, 7) is 5.08. The molecule has 2 aromatic carbocycles. The van der Waals surface area contributed by atoms with Crippen LogP contribution in [-0.4, -0.2) is 49.1 Å². The number of nitrogens with zero attached hydrogens (tertiary/aromatic N) is 1. The Hall–Kier alpha value is -2.97. The first-order chi connectivity index (χ1) is 15.5. The molecule has 1 amide bonds. The van der Waals surface area contributed by atoms with Crippen LogP contribution >= 0.6 is 24.0 Å². The van der Waals surface area contributed by atoms with Crippen molar-refractivity contribution in [1.82, 2.24) is 4.90 Å². The highest BCUT2D eigenvalue weighted by atomic mass is 32.2. The third kappa shape index (κ3) is 6.05. The quantitative estimate of drug-likeness (QED) is 0.199. The number of thiocarbonyl (C=S) groups is 1. The predicted molar refractivity (Wildman–Crippen MR) is 132 cm³/mol. The van der Waals surface area contributed by atoms with Crippen molar-refractivity contribution in [3.05, 3.63) is 65.6 Å². The number of amides is 1. The van der Waals surface area contributed by atoms with Gasteiger partial charge in [-0.25, -0.2) is 0 Å². The summed E-state index contributed by atoms with van der Waals surface area (Å²) in [6.07, 6.45) is 4.17. The van der Waals surface area contributed by atoms with E-state index in [1.54, 1.807) is 26.4 Å². The molecule has 1 aliphatic rings. The smallest absolute Gasteiger partial charge is 0.266 e. The van der Waals surface area contributed by atoms with E-state index < -0.39 is 0 Å². The number of thioether (sulfide) groups is 1. The van der Waals surface area contributed by atoms with Gasteiger partial charge in [-0.1, -0.05) is 36.1 Å². The zero-order valence-corrected chi connectivity index (χ0v) is 19.7. The summed E-state index contributed by atoms with van der Waals surface area (Å²) in [5.41, 5.74) is 0.830. The highest BCUT2D eigenvalue weighted by Crippen LogP contribution is 2.34. The largest absolute Gasteiger partial charge is 0.497 e. The van der Waals surface area contributed by atoms with Crippen molar-refractivity contribution in [2.45, 2.75) is 6.42 Å². The topological polar surface area (TPSA) is 57.2 Å². The summed E-state index contributed by atoms with van der Waals surface area (Å²) < 4.78 is 22.7. The molecule has 0 saturated carbocycles. The molecule has 0 N–H and O–H groups in total. The third-order valence-corrected chi connectivity index (χ3v) is 5.92. The van der Waals surface area contributed by atoms with Crippen LogP contribution in [-0.2, 0) is 4.79 Å². The van der Waals surface area contributed by atoms with Crippen LogP contribution in [0.2, 0.25) is 0 Å². The fourth-order valence-electron chi connectivity index (χ4n) is 2.93. The number of ether oxygens (including phenoxy) is 4. The van der Waals surface area contributed by atoms with Gasteiger partial charge in [0.05, 0.1) is 32.3 Å². The standard InChI is InChI=1S/C24H25NO5S2/c1-4-12-25-23(26)22(32-24(25)31)16-17-6-11-20(21(15-17)28-3)30-14-5-13-29-19-9-7-18(27-2)8-10-19/h4,6-11,15-16H,1,5,12-14H2,2-3H3/b22-16+. The van der Waals surface area contributed by atoms with Gasteiger partial charge in [0, 0.05) is 13.0 Å². The number of hydrogen-bond donors (Lipinski definition) is 0. The van der Waals surface area contributed by atoms with Crippen LogP contribution < -0.4 is 18.9 Å². The molecule has 168 valence electrons. The second-order valence-electron chi connectivity index (χ2n) is 6.72. The number of hydrogen-bond acceptors (Lipinski definition) is 7. The Balaban J connectivity index is 1.54. The van der Waals surface area contributed by atoms with Crippen LogP contribution in [0.15, 0.2) is 60.0 Å². The maximum atomic E-state index is 12.5. The van der Waals surface area contributed by atoms with E-state index in [4.69, 9.17) is 31.2 Å². The van der Waals surface area contributed by atoms with E-state index in [1.807, 2.05) is 42.5 Å². The van der Waals surface area contributed by atoms with Gasteiger partial charge in [0.15, 0.2) is 11.5 Å². The molecule has 0 bridgehead atoms. The molecule has 0 radical (unpaired) electrons. The molecule has 2 aromatic rings. The first kappa shape index (κ1) is 23.7. The molecule has 0 aliphatic carbocycles. The minimum absolute atomic E-state index is 0.115. The SMILES string of the molecule is C=CCN1C(=O)/C(=C\c2ccc(OCCCOc3ccc(OC)cc3)c(OC)c2)SC1=S. The fourth-order valence-corrected chi connectivity index (χ4v) is 4.21. The van der Waals surface area contributed by atoms with Crippen LogP contribution in [0.1, 0.15) is 12.0 Å². The number of methoxy groups -OCH3 is 2. The highest BCUT2D eigenvalue weighted by molar-refractivity contribution is 8.26. The molecular formula is C24H25NO5S2. The number of carbonyl (C=O) groups is 1. The van der Waals surface area contributed by atoms with Crippen molar-refractivity contribution in [2.24, 2.45) is 0 Å². The molecule has 1 saturated heterocycles. The average molecular weight is 472 g/mol. The molecular weight excluding hydrogens is 446 g/mol. The van der Waals surface area contributed by atoms with Crippen LogP contribution in [0.25, 0.3) is 6.08 Å². The van der Waals surface area contributed by atoms with Gasteiger partial charge in [-0.15, -0.1) is 6.58 Å². The van der Waals surface area contributed by atoms with E-state index in [0.717, 1.165) is 17.1 Å². The first-order valence-electron chi connectivity index (χ1n) is 9.99. The van der Waals surface area contributed by atoms with Crippen molar-refractivity contribution in [2.75, 3.05) is 34.0 Å². The summed E-state index contributed by atoms with van der Waals surface area (Å²) in [5, 5.41) is 0. The van der Waals surface area contributed by atoms with Gasteiger partial charge in [-0.05, 0) is 48.0 Å². The fraction of sp³-hybridized carbons (Fsp3) is 0.250. The Morgan fingerprint density at radius 2 is 1.72 bits per heavy atom. The molecule has 3 rings (SSSR count). The van der Waals surface area contributed by atoms with E-state index in [2.05, 4.69) is 6.58 Å². The molecule has 1 fully saturated rings.